The SMILES string of the molecule is O=C(c1cnc(-c2ccc3c(c2)CCO3)s1)N1CCC[C@@H]1CO. The first-order valence-corrected chi connectivity index (χ1v) is 8.71. The minimum absolute atomic E-state index is 0.0187. The molecule has 1 amide bonds. The van der Waals surface area contributed by atoms with Crippen LogP contribution in [0.3, 0.4) is 0 Å². The smallest absolute Gasteiger partial charge is 0.265 e. The van der Waals surface area contributed by atoms with E-state index in [-0.39, 0.29) is 18.6 Å². The van der Waals surface area contributed by atoms with Gasteiger partial charge in [-0.05, 0) is 36.6 Å². The zero-order chi connectivity index (χ0) is 15.8. The first-order chi connectivity index (χ1) is 11.3. The van der Waals surface area contributed by atoms with Gasteiger partial charge < -0.3 is 14.7 Å². The van der Waals surface area contributed by atoms with Gasteiger partial charge in [-0.25, -0.2) is 4.98 Å². The second kappa shape index (κ2) is 5.94. The van der Waals surface area contributed by atoms with Crippen LogP contribution in [0.25, 0.3) is 10.6 Å². The molecule has 1 N–H and O–H groups in total. The molecule has 2 aliphatic heterocycles. The molecule has 0 radical (unpaired) electrons. The Morgan fingerprint density at radius 3 is 3.26 bits per heavy atom. The van der Waals surface area contributed by atoms with Gasteiger partial charge in [0.2, 0.25) is 0 Å². The Kier molecular flexibility index (Phi) is 3.79. The molecule has 3 heterocycles. The van der Waals surface area contributed by atoms with E-state index in [0.29, 0.717) is 11.4 Å². The molecule has 1 aromatic carbocycles. The Balaban J connectivity index is 1.58. The summed E-state index contributed by atoms with van der Waals surface area (Å²) in [4.78, 5) is 19.4. The third-order valence-corrected chi connectivity index (χ3v) is 5.54. The standard InChI is InChI=1S/C17H18N2O3S/c20-10-13-2-1-6-19(13)17(21)15-9-18-16(23-15)12-3-4-14-11(8-12)5-7-22-14/h3-4,8-9,13,20H,1-2,5-7,10H2/t13-/m1/s1. The first-order valence-electron chi connectivity index (χ1n) is 7.90. The molecule has 1 atom stereocenters. The van der Waals surface area contributed by atoms with Crippen LogP contribution in [0, 0.1) is 0 Å². The Bertz CT molecular complexity index is 743. The van der Waals surface area contributed by atoms with Gasteiger partial charge in [-0.15, -0.1) is 11.3 Å². The normalized spacial score (nSPS) is 19.7. The predicted octanol–water partition coefficient (Wildman–Crippen LogP) is 2.34. The molecule has 1 aromatic heterocycles. The molecular weight excluding hydrogens is 312 g/mol. The lowest BCUT2D eigenvalue weighted by Gasteiger charge is -2.21. The van der Waals surface area contributed by atoms with Crippen molar-refractivity contribution in [2.45, 2.75) is 25.3 Å². The summed E-state index contributed by atoms with van der Waals surface area (Å²) < 4.78 is 5.52. The van der Waals surface area contributed by atoms with Crippen molar-refractivity contribution in [1.82, 2.24) is 9.88 Å². The zero-order valence-corrected chi connectivity index (χ0v) is 13.5. The summed E-state index contributed by atoms with van der Waals surface area (Å²) in [6.07, 6.45) is 4.40. The number of hydrogen-bond acceptors (Lipinski definition) is 5. The minimum Gasteiger partial charge on any atom is -0.493 e. The van der Waals surface area contributed by atoms with E-state index < -0.39 is 0 Å². The van der Waals surface area contributed by atoms with Crippen LogP contribution in [0.2, 0.25) is 0 Å². The largest absolute Gasteiger partial charge is 0.493 e. The van der Waals surface area contributed by atoms with E-state index in [9.17, 15) is 9.90 Å². The average Bonchev–Trinajstić information content (AvgIpc) is 3.32. The minimum atomic E-state index is -0.0507. The fourth-order valence-electron chi connectivity index (χ4n) is 3.26. The molecular formula is C17H18N2O3S. The van der Waals surface area contributed by atoms with Crippen LogP contribution in [0.5, 0.6) is 5.75 Å². The van der Waals surface area contributed by atoms with Gasteiger partial charge in [0.25, 0.3) is 5.91 Å². The van der Waals surface area contributed by atoms with Crippen molar-refractivity contribution >= 4 is 17.2 Å². The summed E-state index contributed by atoms with van der Waals surface area (Å²) in [6.45, 7) is 1.48. The highest BCUT2D eigenvalue weighted by atomic mass is 32.1. The van der Waals surface area contributed by atoms with Gasteiger partial charge in [0, 0.05) is 18.5 Å². The average molecular weight is 330 g/mol. The Morgan fingerprint density at radius 2 is 2.39 bits per heavy atom. The number of aliphatic hydroxyl groups excluding tert-OH is 1. The fourth-order valence-corrected chi connectivity index (χ4v) is 4.13. The highest BCUT2D eigenvalue weighted by molar-refractivity contribution is 7.16. The summed E-state index contributed by atoms with van der Waals surface area (Å²) in [5.41, 5.74) is 2.23. The molecule has 0 spiro atoms. The number of benzene rings is 1. The fraction of sp³-hybridized carbons (Fsp3) is 0.412. The van der Waals surface area contributed by atoms with E-state index >= 15 is 0 Å². The number of nitrogens with zero attached hydrogens (tertiary/aromatic N) is 2. The van der Waals surface area contributed by atoms with Crippen LogP contribution in [-0.2, 0) is 6.42 Å². The van der Waals surface area contributed by atoms with Gasteiger partial charge in [0.05, 0.1) is 25.5 Å². The number of aliphatic hydroxyl groups is 1. The van der Waals surface area contributed by atoms with Crippen molar-refractivity contribution in [3.63, 3.8) is 0 Å². The molecule has 1 saturated heterocycles. The lowest BCUT2D eigenvalue weighted by molar-refractivity contribution is 0.0682. The highest BCUT2D eigenvalue weighted by Crippen LogP contribution is 2.33. The molecule has 6 heteroatoms. The number of hydrogen-bond donors (Lipinski definition) is 1. The molecule has 0 bridgehead atoms. The monoisotopic (exact) mass is 330 g/mol. The lowest BCUT2D eigenvalue weighted by atomic mass is 10.1. The first kappa shape index (κ1) is 14.7. The maximum atomic E-state index is 12.6. The van der Waals surface area contributed by atoms with E-state index in [4.69, 9.17) is 4.74 Å². The molecule has 2 aromatic rings. The maximum absolute atomic E-state index is 12.6. The van der Waals surface area contributed by atoms with E-state index in [0.717, 1.165) is 42.2 Å². The molecule has 0 aliphatic carbocycles. The van der Waals surface area contributed by atoms with Crippen molar-refractivity contribution in [3.05, 3.63) is 34.8 Å². The van der Waals surface area contributed by atoms with Gasteiger partial charge in [0.15, 0.2) is 0 Å². The molecule has 5 nitrogen and oxygen atoms in total. The molecule has 2 aliphatic rings. The van der Waals surface area contributed by atoms with Gasteiger partial charge in [-0.1, -0.05) is 0 Å². The van der Waals surface area contributed by atoms with Gasteiger partial charge >= 0.3 is 0 Å². The number of ether oxygens (including phenoxy) is 1. The van der Waals surface area contributed by atoms with Crippen molar-refractivity contribution < 1.29 is 14.6 Å². The maximum Gasteiger partial charge on any atom is 0.265 e. The van der Waals surface area contributed by atoms with Crippen LogP contribution in [0.15, 0.2) is 24.4 Å². The molecule has 4 rings (SSSR count). The summed E-state index contributed by atoms with van der Waals surface area (Å²) in [5.74, 6) is 0.930. The summed E-state index contributed by atoms with van der Waals surface area (Å²) >= 11 is 1.41. The van der Waals surface area contributed by atoms with Crippen molar-refractivity contribution in [3.8, 4) is 16.3 Å². The highest BCUT2D eigenvalue weighted by Gasteiger charge is 2.30. The number of fused-ring (bicyclic) bond motifs is 1. The number of aromatic nitrogens is 1. The van der Waals surface area contributed by atoms with Crippen molar-refractivity contribution in [1.29, 1.82) is 0 Å². The second-order valence-corrected chi connectivity index (χ2v) is 6.96. The summed E-state index contributed by atoms with van der Waals surface area (Å²) in [7, 11) is 0. The number of carbonyl (C=O) groups is 1. The summed E-state index contributed by atoms with van der Waals surface area (Å²) in [5, 5.41) is 10.2. The molecule has 0 unspecified atom stereocenters. The Labute approximate surface area is 138 Å². The van der Waals surface area contributed by atoms with Gasteiger partial charge in [0.1, 0.15) is 15.6 Å². The lowest BCUT2D eigenvalue weighted by Crippen LogP contribution is -2.37. The van der Waals surface area contributed by atoms with Crippen molar-refractivity contribution in [2.24, 2.45) is 0 Å². The van der Waals surface area contributed by atoms with Crippen molar-refractivity contribution in [2.75, 3.05) is 19.8 Å². The van der Waals surface area contributed by atoms with Crippen LogP contribution in [-0.4, -0.2) is 46.7 Å². The van der Waals surface area contributed by atoms with Crippen LogP contribution in [0.1, 0.15) is 28.1 Å². The zero-order valence-electron chi connectivity index (χ0n) is 12.7. The van der Waals surface area contributed by atoms with Gasteiger partial charge in [-0.2, -0.15) is 0 Å². The van der Waals surface area contributed by atoms with E-state index in [1.807, 2.05) is 12.1 Å². The quantitative estimate of drug-likeness (QED) is 0.938. The van der Waals surface area contributed by atoms with Crippen LogP contribution < -0.4 is 4.74 Å². The Morgan fingerprint density at radius 1 is 1.48 bits per heavy atom. The van der Waals surface area contributed by atoms with Gasteiger partial charge in [-0.3, -0.25) is 4.79 Å². The third kappa shape index (κ3) is 2.62. The second-order valence-electron chi connectivity index (χ2n) is 5.93. The molecule has 23 heavy (non-hydrogen) atoms. The topological polar surface area (TPSA) is 62.7 Å². The number of rotatable bonds is 3. The number of carbonyl (C=O) groups excluding carboxylic acids is 1. The van der Waals surface area contributed by atoms with E-state index in [2.05, 4.69) is 11.1 Å². The molecule has 120 valence electrons. The number of thiazole rings is 1. The number of likely N-dealkylation sites (tertiary alicyclic amines) is 1. The third-order valence-electron chi connectivity index (χ3n) is 4.50. The molecule has 0 saturated carbocycles. The summed E-state index contributed by atoms with van der Waals surface area (Å²) in [6, 6.07) is 6.01. The predicted molar refractivity (Wildman–Crippen MR) is 87.9 cm³/mol. The molecule has 1 fully saturated rings. The van der Waals surface area contributed by atoms with E-state index in [1.165, 1.54) is 16.9 Å². The van der Waals surface area contributed by atoms with Crippen LogP contribution >= 0.6 is 11.3 Å². The van der Waals surface area contributed by atoms with Crippen LogP contribution in [0.4, 0.5) is 0 Å². The Hall–Kier alpha value is -1.92. The van der Waals surface area contributed by atoms with E-state index in [1.54, 1.807) is 11.1 Å². The number of amides is 1.